The molecule has 0 N–H and O–H groups in total. The van der Waals surface area contributed by atoms with Crippen LogP contribution in [0.25, 0.3) is 21.9 Å². The van der Waals surface area contributed by atoms with E-state index in [1.807, 2.05) is 0 Å². The first kappa shape index (κ1) is 45.8. The number of allylic oxidation sites excluding steroid dienone is 8. The highest BCUT2D eigenvalue weighted by atomic mass is 15.2. The first-order chi connectivity index (χ1) is 36.1. The van der Waals surface area contributed by atoms with E-state index in [1.54, 1.807) is 0 Å². The third-order valence-corrected chi connectivity index (χ3v) is 13.2. The number of hydrogen-bond donors (Lipinski definition) is 0. The maximum atomic E-state index is 4.62. The van der Waals surface area contributed by atoms with Crippen molar-refractivity contribution >= 4 is 73.3 Å². The zero-order valence-electron chi connectivity index (χ0n) is 40.6. The summed E-state index contributed by atoms with van der Waals surface area (Å²) in [6.45, 7) is 4.62. The first-order valence-corrected chi connectivity index (χ1v) is 24.8. The van der Waals surface area contributed by atoms with Crippen LogP contribution >= 0.6 is 0 Å². The molecule has 0 amide bonds. The first-order valence-electron chi connectivity index (χ1n) is 24.8. The topological polar surface area (TPSA) is 13.0 Å². The number of hydrogen-bond acceptors (Lipinski definition) is 4. The Morgan fingerprint density at radius 3 is 1.21 bits per heavy atom. The van der Waals surface area contributed by atoms with Gasteiger partial charge in [-0.3, -0.25) is 0 Å². The fraction of sp³-hybridized carbons (Fsp3) is 0.0145. The Morgan fingerprint density at radius 1 is 0.356 bits per heavy atom. The van der Waals surface area contributed by atoms with Gasteiger partial charge in [-0.05, 0) is 162 Å². The van der Waals surface area contributed by atoms with E-state index >= 15 is 0 Å². The van der Waals surface area contributed by atoms with Gasteiger partial charge in [0.15, 0.2) is 0 Å². The molecule has 10 aromatic carbocycles. The van der Waals surface area contributed by atoms with Crippen LogP contribution in [0.15, 0.2) is 321 Å². The van der Waals surface area contributed by atoms with Gasteiger partial charge in [0.25, 0.3) is 0 Å². The standard InChI is InChI=1S/C69H54N4/c1-53(21-19-24-54-22-7-2-8-23-54)70(63-45-47-64(48-46-63)71(58-27-9-3-10-28-58)59-29-11-4-12-30-59)62-41-37-55(38-42-62)56-39-43-66(44-40-56)73(69-36-20-26-57-25-17-18-35-68(57)69)67-51-49-65(50-52-67)72(60-31-13-5-14-32-60)61-33-15-6-16-34-61/h2-22,24-52H,1,23H2/b21-19-,54-24-. The molecule has 0 atom stereocenters. The summed E-state index contributed by atoms with van der Waals surface area (Å²) in [4.78, 5) is 9.17. The van der Waals surface area contributed by atoms with E-state index < -0.39 is 0 Å². The Bertz CT molecular complexity index is 3480. The third-order valence-electron chi connectivity index (χ3n) is 13.2. The zero-order chi connectivity index (χ0) is 49.2. The highest BCUT2D eigenvalue weighted by molar-refractivity contribution is 5.99. The van der Waals surface area contributed by atoms with Crippen molar-refractivity contribution in [1.82, 2.24) is 0 Å². The normalized spacial score (nSPS) is 12.5. The predicted octanol–water partition coefficient (Wildman–Crippen LogP) is 19.6. The van der Waals surface area contributed by atoms with E-state index in [9.17, 15) is 0 Å². The van der Waals surface area contributed by atoms with Crippen molar-refractivity contribution in [2.45, 2.75) is 6.42 Å². The number of fused-ring (bicyclic) bond motifs is 1. The average molecular weight is 939 g/mol. The molecule has 0 bridgehead atoms. The number of anilines is 11. The number of rotatable bonds is 15. The van der Waals surface area contributed by atoms with Crippen LogP contribution in [0.4, 0.5) is 62.6 Å². The van der Waals surface area contributed by atoms with E-state index in [0.717, 1.165) is 85.8 Å². The minimum atomic E-state index is 0.856. The van der Waals surface area contributed by atoms with Crippen LogP contribution in [0.3, 0.4) is 0 Å². The van der Waals surface area contributed by atoms with Gasteiger partial charge in [0.1, 0.15) is 0 Å². The smallest absolute Gasteiger partial charge is 0.0540 e. The summed E-state index contributed by atoms with van der Waals surface area (Å²) in [5.41, 5.74) is 16.2. The van der Waals surface area contributed by atoms with Crippen molar-refractivity contribution < 1.29 is 0 Å². The second kappa shape index (κ2) is 21.6. The molecule has 1 aliphatic rings. The Hall–Kier alpha value is -9.64. The molecule has 0 saturated carbocycles. The van der Waals surface area contributed by atoms with E-state index in [0.29, 0.717) is 0 Å². The molecule has 0 radical (unpaired) electrons. The lowest BCUT2D eigenvalue weighted by Crippen LogP contribution is -2.15. The van der Waals surface area contributed by atoms with Gasteiger partial charge in [-0.2, -0.15) is 0 Å². The van der Waals surface area contributed by atoms with Crippen molar-refractivity contribution in [2.75, 3.05) is 19.6 Å². The van der Waals surface area contributed by atoms with Crippen LogP contribution < -0.4 is 19.6 Å². The van der Waals surface area contributed by atoms with E-state index in [2.05, 4.69) is 330 Å². The van der Waals surface area contributed by atoms with Crippen molar-refractivity contribution in [3.8, 4) is 11.1 Å². The molecule has 350 valence electrons. The van der Waals surface area contributed by atoms with Crippen molar-refractivity contribution in [1.29, 1.82) is 0 Å². The van der Waals surface area contributed by atoms with Gasteiger partial charge in [0.2, 0.25) is 0 Å². The fourth-order valence-corrected chi connectivity index (χ4v) is 9.63. The fourth-order valence-electron chi connectivity index (χ4n) is 9.63. The van der Waals surface area contributed by atoms with Gasteiger partial charge in [0, 0.05) is 68.0 Å². The molecule has 4 heteroatoms. The van der Waals surface area contributed by atoms with Gasteiger partial charge in [-0.25, -0.2) is 0 Å². The molecule has 11 rings (SSSR count). The van der Waals surface area contributed by atoms with E-state index in [4.69, 9.17) is 0 Å². The van der Waals surface area contributed by atoms with Crippen molar-refractivity contribution in [2.24, 2.45) is 0 Å². The summed E-state index contributed by atoms with van der Waals surface area (Å²) in [7, 11) is 0. The minimum absolute atomic E-state index is 0.856. The minimum Gasteiger partial charge on any atom is -0.311 e. The lowest BCUT2D eigenvalue weighted by molar-refractivity contribution is 1.21. The van der Waals surface area contributed by atoms with Crippen molar-refractivity contribution in [3.63, 3.8) is 0 Å². The SMILES string of the molecule is C=C(/C=C\C=C1\C=CC=CC1)N(c1ccc(-c2ccc(N(c3ccc(N(c4ccccc4)c4ccccc4)cc3)c3cccc4ccccc34)cc2)cc1)c1ccc(N(c2ccccc2)c2ccccc2)cc1. The molecule has 0 fully saturated rings. The lowest BCUT2D eigenvalue weighted by Gasteiger charge is -2.29. The van der Waals surface area contributed by atoms with Crippen LogP contribution in [-0.2, 0) is 0 Å². The molecule has 4 nitrogen and oxygen atoms in total. The number of nitrogens with zero attached hydrogens (tertiary/aromatic N) is 4. The predicted molar refractivity (Wildman–Crippen MR) is 311 cm³/mol. The maximum Gasteiger partial charge on any atom is 0.0540 e. The molecule has 10 aromatic rings. The molecule has 1 aliphatic carbocycles. The lowest BCUT2D eigenvalue weighted by atomic mass is 10.0. The Kier molecular flexibility index (Phi) is 13.5. The quantitative estimate of drug-likeness (QED) is 0.0950. The third kappa shape index (κ3) is 10.2. The highest BCUT2D eigenvalue weighted by Gasteiger charge is 2.19. The summed E-state index contributed by atoms with van der Waals surface area (Å²) in [5.74, 6) is 0. The van der Waals surface area contributed by atoms with Crippen LogP contribution in [-0.4, -0.2) is 0 Å². The van der Waals surface area contributed by atoms with Gasteiger partial charge >= 0.3 is 0 Å². The summed E-state index contributed by atoms with van der Waals surface area (Å²) in [6, 6.07) is 92.7. The summed E-state index contributed by atoms with van der Waals surface area (Å²) in [6.07, 6.45) is 15.8. The second-order valence-electron chi connectivity index (χ2n) is 17.9. The van der Waals surface area contributed by atoms with Crippen LogP contribution in [0.1, 0.15) is 6.42 Å². The van der Waals surface area contributed by atoms with Crippen LogP contribution in [0.5, 0.6) is 0 Å². The summed E-state index contributed by atoms with van der Waals surface area (Å²) in [5, 5.41) is 2.38. The summed E-state index contributed by atoms with van der Waals surface area (Å²) < 4.78 is 0. The molecule has 0 aliphatic heterocycles. The molecule has 0 unspecified atom stereocenters. The second-order valence-corrected chi connectivity index (χ2v) is 17.9. The molecule has 0 aromatic heterocycles. The van der Waals surface area contributed by atoms with E-state index in [1.165, 1.54) is 16.3 Å². The Labute approximate surface area is 429 Å². The molecule has 73 heavy (non-hydrogen) atoms. The molecular weight excluding hydrogens is 885 g/mol. The Balaban J connectivity index is 0.913. The molecular formula is C69H54N4. The Morgan fingerprint density at radius 2 is 0.740 bits per heavy atom. The molecule has 0 heterocycles. The van der Waals surface area contributed by atoms with E-state index in [-0.39, 0.29) is 0 Å². The monoisotopic (exact) mass is 938 g/mol. The van der Waals surface area contributed by atoms with Gasteiger partial charge < -0.3 is 19.6 Å². The molecule has 0 spiro atoms. The summed E-state index contributed by atoms with van der Waals surface area (Å²) >= 11 is 0. The van der Waals surface area contributed by atoms with Gasteiger partial charge in [-0.1, -0.05) is 176 Å². The average Bonchev–Trinajstić information content (AvgIpc) is 3.46. The number of benzene rings is 10. The highest BCUT2D eigenvalue weighted by Crippen LogP contribution is 2.43. The zero-order valence-corrected chi connectivity index (χ0v) is 40.6. The molecule has 0 saturated heterocycles. The van der Waals surface area contributed by atoms with Crippen LogP contribution in [0, 0.1) is 0 Å². The van der Waals surface area contributed by atoms with Gasteiger partial charge in [0.05, 0.1) is 5.69 Å². The van der Waals surface area contributed by atoms with Crippen LogP contribution in [0.2, 0.25) is 0 Å². The number of para-hydroxylation sites is 4. The van der Waals surface area contributed by atoms with Crippen molar-refractivity contribution in [3.05, 3.63) is 321 Å². The van der Waals surface area contributed by atoms with Gasteiger partial charge in [-0.15, -0.1) is 0 Å². The largest absolute Gasteiger partial charge is 0.311 e. The maximum absolute atomic E-state index is 4.62.